The maximum absolute atomic E-state index is 5.53. The lowest BCUT2D eigenvalue weighted by Gasteiger charge is -2.07. The summed E-state index contributed by atoms with van der Waals surface area (Å²) in [5, 5.41) is 0. The molecule has 1 saturated carbocycles. The van der Waals surface area contributed by atoms with Gasteiger partial charge in [-0.25, -0.2) is 0 Å². The summed E-state index contributed by atoms with van der Waals surface area (Å²) in [6.45, 7) is 0. The molecule has 0 saturated heterocycles. The molecule has 1 aliphatic rings. The van der Waals surface area contributed by atoms with Crippen LogP contribution in [0.15, 0.2) is 39.6 Å². The van der Waals surface area contributed by atoms with Crippen molar-refractivity contribution in [3.63, 3.8) is 0 Å². The van der Waals surface area contributed by atoms with Crippen LogP contribution in [-0.4, -0.2) is 0 Å². The monoisotopic (exact) mass is 202 g/mol. The van der Waals surface area contributed by atoms with Gasteiger partial charge in [-0.2, -0.15) is 0 Å². The van der Waals surface area contributed by atoms with Gasteiger partial charge in [0.05, 0.1) is 12.5 Å². The van der Waals surface area contributed by atoms with Crippen LogP contribution in [0.4, 0.5) is 0 Å². The van der Waals surface area contributed by atoms with Crippen LogP contribution in [0.1, 0.15) is 37.2 Å². The fraction of sp³-hybridized carbons (Fsp3) is 0.385. The SMILES string of the molecule is c1coc(-c2occc2C2CCCC2)c1. The van der Waals surface area contributed by atoms with E-state index in [1.807, 2.05) is 12.1 Å². The lowest BCUT2D eigenvalue weighted by Crippen LogP contribution is -1.91. The summed E-state index contributed by atoms with van der Waals surface area (Å²) in [5.74, 6) is 2.44. The summed E-state index contributed by atoms with van der Waals surface area (Å²) < 4.78 is 10.9. The van der Waals surface area contributed by atoms with Gasteiger partial charge < -0.3 is 8.83 Å². The average molecular weight is 202 g/mol. The van der Waals surface area contributed by atoms with E-state index in [1.54, 1.807) is 12.5 Å². The van der Waals surface area contributed by atoms with Gasteiger partial charge in [0.15, 0.2) is 11.5 Å². The molecule has 0 aliphatic heterocycles. The molecule has 0 atom stereocenters. The highest BCUT2D eigenvalue weighted by molar-refractivity contribution is 5.56. The fourth-order valence-corrected chi connectivity index (χ4v) is 2.49. The predicted octanol–water partition coefficient (Wildman–Crippen LogP) is 4.20. The number of furan rings is 2. The van der Waals surface area contributed by atoms with E-state index in [1.165, 1.54) is 31.2 Å². The fourth-order valence-electron chi connectivity index (χ4n) is 2.49. The highest BCUT2D eigenvalue weighted by Crippen LogP contribution is 2.39. The second-order valence-electron chi connectivity index (χ2n) is 4.16. The number of hydrogen-bond acceptors (Lipinski definition) is 2. The Labute approximate surface area is 88.9 Å². The molecule has 2 heterocycles. The van der Waals surface area contributed by atoms with Crippen LogP contribution >= 0.6 is 0 Å². The van der Waals surface area contributed by atoms with Gasteiger partial charge >= 0.3 is 0 Å². The van der Waals surface area contributed by atoms with Crippen molar-refractivity contribution >= 4 is 0 Å². The van der Waals surface area contributed by atoms with Crippen molar-refractivity contribution in [3.05, 3.63) is 36.3 Å². The average Bonchev–Trinajstić information content (AvgIpc) is 3.01. The van der Waals surface area contributed by atoms with Crippen LogP contribution < -0.4 is 0 Å². The third kappa shape index (κ3) is 1.50. The Hall–Kier alpha value is -1.44. The van der Waals surface area contributed by atoms with Crippen molar-refractivity contribution < 1.29 is 8.83 Å². The molecule has 0 unspecified atom stereocenters. The summed E-state index contributed by atoms with van der Waals surface area (Å²) >= 11 is 0. The number of hydrogen-bond donors (Lipinski definition) is 0. The topological polar surface area (TPSA) is 26.3 Å². The summed E-state index contributed by atoms with van der Waals surface area (Å²) in [6.07, 6.45) is 8.71. The van der Waals surface area contributed by atoms with Crippen LogP contribution in [0, 0.1) is 0 Å². The Morgan fingerprint density at radius 2 is 1.87 bits per heavy atom. The van der Waals surface area contributed by atoms with E-state index in [0.29, 0.717) is 5.92 Å². The molecule has 0 spiro atoms. The Kier molecular flexibility index (Phi) is 2.13. The molecule has 1 fully saturated rings. The quantitative estimate of drug-likeness (QED) is 0.729. The molecule has 2 nitrogen and oxygen atoms in total. The lowest BCUT2D eigenvalue weighted by atomic mass is 9.97. The van der Waals surface area contributed by atoms with Gasteiger partial charge in [-0.05, 0) is 37.0 Å². The molecule has 1 aliphatic carbocycles. The Bertz CT molecular complexity index is 419. The van der Waals surface area contributed by atoms with Gasteiger partial charge in [-0.1, -0.05) is 12.8 Å². The van der Waals surface area contributed by atoms with Gasteiger partial charge in [0.2, 0.25) is 0 Å². The minimum Gasteiger partial charge on any atom is -0.461 e. The molecular weight excluding hydrogens is 188 g/mol. The molecule has 0 radical (unpaired) electrons. The van der Waals surface area contributed by atoms with E-state index in [2.05, 4.69) is 6.07 Å². The summed E-state index contributed by atoms with van der Waals surface area (Å²) in [7, 11) is 0. The Morgan fingerprint density at radius 3 is 2.60 bits per heavy atom. The third-order valence-electron chi connectivity index (χ3n) is 3.24. The largest absolute Gasteiger partial charge is 0.461 e. The van der Waals surface area contributed by atoms with Crippen LogP contribution in [0.2, 0.25) is 0 Å². The molecule has 0 aromatic carbocycles. The maximum atomic E-state index is 5.53. The van der Waals surface area contributed by atoms with Crippen molar-refractivity contribution in [2.75, 3.05) is 0 Å². The van der Waals surface area contributed by atoms with Gasteiger partial charge in [0.25, 0.3) is 0 Å². The van der Waals surface area contributed by atoms with Gasteiger partial charge in [0.1, 0.15) is 0 Å². The summed E-state index contributed by atoms with van der Waals surface area (Å²) in [4.78, 5) is 0. The van der Waals surface area contributed by atoms with Crippen LogP contribution in [0.3, 0.4) is 0 Å². The van der Waals surface area contributed by atoms with Crippen molar-refractivity contribution in [2.24, 2.45) is 0 Å². The Morgan fingerprint density at radius 1 is 1.00 bits per heavy atom. The molecule has 0 N–H and O–H groups in total. The molecule has 0 bridgehead atoms. The first kappa shape index (κ1) is 8.84. The Balaban J connectivity index is 1.98. The van der Waals surface area contributed by atoms with Gasteiger partial charge in [0, 0.05) is 5.56 Å². The first-order chi connectivity index (χ1) is 7.45. The highest BCUT2D eigenvalue weighted by Gasteiger charge is 2.23. The van der Waals surface area contributed by atoms with Crippen LogP contribution in [-0.2, 0) is 0 Å². The second-order valence-corrected chi connectivity index (χ2v) is 4.16. The molecular formula is C13H14O2. The van der Waals surface area contributed by atoms with Crippen molar-refractivity contribution in [2.45, 2.75) is 31.6 Å². The minimum atomic E-state index is 0.670. The smallest absolute Gasteiger partial charge is 0.172 e. The van der Waals surface area contributed by atoms with E-state index in [-0.39, 0.29) is 0 Å². The maximum Gasteiger partial charge on any atom is 0.172 e. The number of rotatable bonds is 2. The molecule has 2 aromatic heterocycles. The van der Waals surface area contributed by atoms with Crippen molar-refractivity contribution in [1.29, 1.82) is 0 Å². The van der Waals surface area contributed by atoms with Crippen LogP contribution in [0.5, 0.6) is 0 Å². The lowest BCUT2D eigenvalue weighted by molar-refractivity contribution is 0.519. The molecule has 3 rings (SSSR count). The van der Waals surface area contributed by atoms with Crippen molar-refractivity contribution in [1.82, 2.24) is 0 Å². The standard InChI is InChI=1S/C13H14O2/c1-2-5-10(4-1)11-7-9-15-13(11)12-6-3-8-14-12/h3,6-10H,1-2,4-5H2. The van der Waals surface area contributed by atoms with Gasteiger partial charge in [-0.3, -0.25) is 0 Å². The molecule has 2 aromatic rings. The zero-order valence-corrected chi connectivity index (χ0v) is 8.61. The van der Waals surface area contributed by atoms with E-state index < -0.39 is 0 Å². The molecule has 15 heavy (non-hydrogen) atoms. The summed E-state index contributed by atoms with van der Waals surface area (Å²) in [5.41, 5.74) is 1.32. The molecule has 2 heteroatoms. The van der Waals surface area contributed by atoms with E-state index in [4.69, 9.17) is 8.83 Å². The summed E-state index contributed by atoms with van der Waals surface area (Å²) in [6, 6.07) is 5.95. The zero-order valence-electron chi connectivity index (χ0n) is 8.61. The predicted molar refractivity (Wildman–Crippen MR) is 57.6 cm³/mol. The molecule has 78 valence electrons. The zero-order chi connectivity index (χ0) is 10.1. The normalized spacial score (nSPS) is 17.3. The third-order valence-corrected chi connectivity index (χ3v) is 3.24. The first-order valence-electron chi connectivity index (χ1n) is 5.56. The van der Waals surface area contributed by atoms with E-state index >= 15 is 0 Å². The first-order valence-corrected chi connectivity index (χ1v) is 5.56. The highest BCUT2D eigenvalue weighted by atomic mass is 16.4. The van der Waals surface area contributed by atoms with Gasteiger partial charge in [-0.15, -0.1) is 0 Å². The second kappa shape index (κ2) is 3.61. The minimum absolute atomic E-state index is 0.670. The van der Waals surface area contributed by atoms with E-state index in [9.17, 15) is 0 Å². The molecule has 0 amide bonds. The van der Waals surface area contributed by atoms with E-state index in [0.717, 1.165) is 11.5 Å². The van der Waals surface area contributed by atoms with Crippen molar-refractivity contribution in [3.8, 4) is 11.5 Å². The van der Waals surface area contributed by atoms with Crippen LogP contribution in [0.25, 0.3) is 11.5 Å².